The van der Waals surface area contributed by atoms with Crippen molar-refractivity contribution in [2.45, 2.75) is 18.6 Å². The highest BCUT2D eigenvalue weighted by Crippen LogP contribution is 2.29. The second-order valence-electron chi connectivity index (χ2n) is 4.24. The normalized spacial score (nSPS) is 18.4. The summed E-state index contributed by atoms with van der Waals surface area (Å²) >= 11 is 4.23. The van der Waals surface area contributed by atoms with E-state index < -0.39 is 5.97 Å². The van der Waals surface area contributed by atoms with E-state index >= 15 is 0 Å². The summed E-state index contributed by atoms with van der Waals surface area (Å²) in [7, 11) is 0. The number of hydrogen-bond donors (Lipinski definition) is 1. The van der Waals surface area contributed by atoms with E-state index in [-0.39, 0.29) is 28.4 Å². The quantitative estimate of drug-likeness (QED) is 0.887. The van der Waals surface area contributed by atoms with Gasteiger partial charge in [-0.25, -0.2) is 9.78 Å². The Kier molecular flexibility index (Phi) is 4.44. The smallest absolute Gasteiger partial charge is 0.355 e. The number of anilines is 1. The number of hydrogen-bond acceptors (Lipinski definition) is 5. The standard InChI is InChI=1S/C12H11BrN2O4S/c1-6(16)20-7-4-10(17)15(5-7)9-3-2-8(13)11(14-9)12(18)19/h2-3,7H,4-5H2,1H3,(H,18,19). The van der Waals surface area contributed by atoms with Gasteiger partial charge in [-0.15, -0.1) is 0 Å². The Labute approximate surface area is 127 Å². The van der Waals surface area contributed by atoms with Gasteiger partial charge in [0.05, 0.1) is 4.47 Å². The third-order valence-electron chi connectivity index (χ3n) is 2.73. The average Bonchev–Trinajstić information content (AvgIpc) is 2.69. The molecule has 0 aromatic carbocycles. The predicted molar refractivity (Wildman–Crippen MR) is 77.9 cm³/mol. The van der Waals surface area contributed by atoms with Crippen LogP contribution in [0.1, 0.15) is 23.8 Å². The molecule has 1 aromatic heterocycles. The topological polar surface area (TPSA) is 87.6 Å². The first-order valence-corrected chi connectivity index (χ1v) is 7.43. The molecule has 1 aliphatic heterocycles. The lowest BCUT2D eigenvalue weighted by atomic mass is 10.3. The molecule has 0 spiro atoms. The lowest BCUT2D eigenvalue weighted by Gasteiger charge is -2.16. The number of carbonyl (C=O) groups excluding carboxylic acids is 2. The second-order valence-corrected chi connectivity index (χ2v) is 6.58. The summed E-state index contributed by atoms with van der Waals surface area (Å²) < 4.78 is 0.357. The SMILES string of the molecule is CC(=O)SC1CC(=O)N(c2ccc(Br)c(C(=O)O)n2)C1. The van der Waals surface area contributed by atoms with E-state index in [0.717, 1.165) is 11.8 Å². The first kappa shape index (κ1) is 15.0. The van der Waals surface area contributed by atoms with Gasteiger partial charge in [-0.2, -0.15) is 0 Å². The molecule has 1 atom stereocenters. The van der Waals surface area contributed by atoms with Crippen LogP contribution in [0.4, 0.5) is 5.82 Å². The van der Waals surface area contributed by atoms with Gasteiger partial charge in [0, 0.05) is 25.1 Å². The Morgan fingerprint density at radius 2 is 2.20 bits per heavy atom. The summed E-state index contributed by atoms with van der Waals surface area (Å²) in [5.74, 6) is -1.03. The second kappa shape index (κ2) is 5.92. The summed E-state index contributed by atoms with van der Waals surface area (Å²) in [5.41, 5.74) is -0.141. The minimum Gasteiger partial charge on any atom is -0.476 e. The number of rotatable bonds is 3. The van der Waals surface area contributed by atoms with E-state index in [2.05, 4.69) is 20.9 Å². The Bertz CT molecular complexity index is 593. The number of thioether (sulfide) groups is 1. The van der Waals surface area contributed by atoms with Gasteiger partial charge < -0.3 is 5.11 Å². The highest BCUT2D eigenvalue weighted by molar-refractivity contribution is 9.10. The van der Waals surface area contributed by atoms with Gasteiger partial charge in [-0.1, -0.05) is 11.8 Å². The molecule has 0 radical (unpaired) electrons. The molecule has 1 fully saturated rings. The summed E-state index contributed by atoms with van der Waals surface area (Å²) in [6, 6.07) is 3.12. The van der Waals surface area contributed by atoms with Crippen molar-refractivity contribution in [1.82, 2.24) is 4.98 Å². The van der Waals surface area contributed by atoms with Crippen molar-refractivity contribution < 1.29 is 19.5 Å². The highest BCUT2D eigenvalue weighted by Gasteiger charge is 2.33. The number of aromatic nitrogens is 1. The zero-order valence-electron chi connectivity index (χ0n) is 10.5. The predicted octanol–water partition coefficient (Wildman–Crippen LogP) is 1.93. The molecule has 1 unspecified atom stereocenters. The first-order valence-electron chi connectivity index (χ1n) is 5.76. The highest BCUT2D eigenvalue weighted by atomic mass is 79.9. The molecular weight excluding hydrogens is 348 g/mol. The lowest BCUT2D eigenvalue weighted by molar-refractivity contribution is -0.117. The largest absolute Gasteiger partial charge is 0.476 e. The number of carboxylic acids is 1. The number of halogens is 1. The fraction of sp³-hybridized carbons (Fsp3) is 0.333. The number of aromatic carboxylic acids is 1. The van der Waals surface area contributed by atoms with Crippen LogP contribution in [0.2, 0.25) is 0 Å². The molecule has 2 rings (SSSR count). The number of carbonyl (C=O) groups is 3. The molecule has 2 heterocycles. The summed E-state index contributed by atoms with van der Waals surface area (Å²) in [5, 5.41) is 8.87. The van der Waals surface area contributed by atoms with Crippen LogP contribution >= 0.6 is 27.7 Å². The van der Waals surface area contributed by atoms with Gasteiger partial charge in [-0.3, -0.25) is 14.5 Å². The summed E-state index contributed by atoms with van der Waals surface area (Å²) in [6.07, 6.45) is 0.254. The number of nitrogens with zero attached hydrogens (tertiary/aromatic N) is 2. The van der Waals surface area contributed by atoms with E-state index in [1.165, 1.54) is 11.8 Å². The Balaban J connectivity index is 2.24. The first-order chi connectivity index (χ1) is 9.38. The van der Waals surface area contributed by atoms with Crippen molar-refractivity contribution in [3.05, 3.63) is 22.3 Å². The molecule has 106 valence electrons. The summed E-state index contributed by atoms with van der Waals surface area (Å²) in [4.78, 5) is 39.4. The number of amides is 1. The molecule has 8 heteroatoms. The minimum atomic E-state index is -1.17. The molecule has 6 nitrogen and oxygen atoms in total. The molecule has 0 saturated carbocycles. The van der Waals surface area contributed by atoms with Crippen molar-refractivity contribution in [3.8, 4) is 0 Å². The number of pyridine rings is 1. The third-order valence-corrected chi connectivity index (χ3v) is 4.35. The van der Waals surface area contributed by atoms with Gasteiger partial charge in [-0.05, 0) is 28.1 Å². The summed E-state index contributed by atoms with van der Waals surface area (Å²) in [6.45, 7) is 1.81. The molecule has 0 aliphatic carbocycles. The van der Waals surface area contributed by atoms with E-state index in [1.807, 2.05) is 0 Å². The lowest BCUT2D eigenvalue weighted by Crippen LogP contribution is -2.26. The van der Waals surface area contributed by atoms with Crippen molar-refractivity contribution in [1.29, 1.82) is 0 Å². The van der Waals surface area contributed by atoms with Gasteiger partial charge >= 0.3 is 5.97 Å². The monoisotopic (exact) mass is 358 g/mol. The van der Waals surface area contributed by atoms with Gasteiger partial charge in [0.15, 0.2) is 10.8 Å². The van der Waals surface area contributed by atoms with Crippen LogP contribution in [-0.2, 0) is 9.59 Å². The van der Waals surface area contributed by atoms with Crippen LogP contribution in [0.15, 0.2) is 16.6 Å². The van der Waals surface area contributed by atoms with Crippen molar-refractivity contribution in [2.75, 3.05) is 11.4 Å². The number of carboxylic acid groups (broad SMARTS) is 1. The maximum atomic E-state index is 11.9. The van der Waals surface area contributed by atoms with Gasteiger partial charge in [0.1, 0.15) is 5.82 Å². The third kappa shape index (κ3) is 3.18. The average molecular weight is 359 g/mol. The van der Waals surface area contributed by atoms with Crippen molar-refractivity contribution in [3.63, 3.8) is 0 Å². The van der Waals surface area contributed by atoms with Crippen molar-refractivity contribution >= 4 is 50.5 Å². The maximum Gasteiger partial charge on any atom is 0.355 e. The van der Waals surface area contributed by atoms with E-state index in [4.69, 9.17) is 5.11 Å². The van der Waals surface area contributed by atoms with Crippen LogP contribution in [0.5, 0.6) is 0 Å². The Morgan fingerprint density at radius 3 is 2.80 bits per heavy atom. The zero-order chi connectivity index (χ0) is 14.9. The van der Waals surface area contributed by atoms with Crippen LogP contribution in [0, 0.1) is 0 Å². The fourth-order valence-electron chi connectivity index (χ4n) is 1.94. The molecule has 1 amide bonds. The molecule has 1 saturated heterocycles. The van der Waals surface area contributed by atoms with E-state index in [1.54, 1.807) is 12.1 Å². The fourth-order valence-corrected chi connectivity index (χ4v) is 3.25. The van der Waals surface area contributed by atoms with Gasteiger partial charge in [0.2, 0.25) is 5.91 Å². The van der Waals surface area contributed by atoms with E-state index in [9.17, 15) is 14.4 Å². The zero-order valence-corrected chi connectivity index (χ0v) is 12.9. The van der Waals surface area contributed by atoms with Crippen LogP contribution in [0.3, 0.4) is 0 Å². The minimum absolute atomic E-state index is 0.0420. The van der Waals surface area contributed by atoms with E-state index in [0.29, 0.717) is 16.8 Å². The maximum absolute atomic E-state index is 11.9. The molecular formula is C12H11BrN2O4S. The molecule has 0 bridgehead atoms. The Hall–Kier alpha value is -1.41. The van der Waals surface area contributed by atoms with Crippen LogP contribution in [0.25, 0.3) is 0 Å². The molecule has 1 aliphatic rings. The van der Waals surface area contributed by atoms with Gasteiger partial charge in [0.25, 0.3) is 0 Å². The molecule has 20 heavy (non-hydrogen) atoms. The van der Waals surface area contributed by atoms with Crippen molar-refractivity contribution in [2.24, 2.45) is 0 Å². The molecule has 1 aromatic rings. The van der Waals surface area contributed by atoms with Crippen LogP contribution < -0.4 is 4.90 Å². The molecule has 1 N–H and O–H groups in total. The van der Waals surface area contributed by atoms with Crippen LogP contribution in [-0.4, -0.2) is 38.9 Å². The Morgan fingerprint density at radius 1 is 1.50 bits per heavy atom.